The molecule has 1 unspecified atom stereocenters. The second-order valence-electron chi connectivity index (χ2n) is 12.2. The molecule has 0 spiro atoms. The number of ether oxygens (including phenoxy) is 1. The van der Waals surface area contributed by atoms with Gasteiger partial charge in [0.2, 0.25) is 0 Å². The van der Waals surface area contributed by atoms with E-state index in [1.807, 2.05) is 6.92 Å². The molecular weight excluding hydrogens is 372 g/mol. The highest BCUT2D eigenvalue weighted by atomic mass is 16.5. The molecular formula is C27H42O3. The predicted molar refractivity (Wildman–Crippen MR) is 119 cm³/mol. The van der Waals surface area contributed by atoms with E-state index in [1.54, 1.807) is 5.57 Å². The number of carbonyl (C=O) groups is 1. The van der Waals surface area contributed by atoms with Gasteiger partial charge in [-0.15, -0.1) is 0 Å². The predicted octanol–water partition coefficient (Wildman–Crippen LogP) is 5.90. The average Bonchev–Trinajstić information content (AvgIpc) is 3.07. The van der Waals surface area contributed by atoms with Crippen molar-refractivity contribution in [3.8, 4) is 0 Å². The van der Waals surface area contributed by atoms with Crippen LogP contribution < -0.4 is 0 Å². The highest BCUT2D eigenvalue weighted by Gasteiger charge is 2.59. The topological polar surface area (TPSA) is 46.5 Å². The summed E-state index contributed by atoms with van der Waals surface area (Å²) in [6.45, 7) is 9.48. The number of hydrogen-bond acceptors (Lipinski definition) is 3. The van der Waals surface area contributed by atoms with E-state index < -0.39 is 0 Å². The Morgan fingerprint density at radius 1 is 1.07 bits per heavy atom. The van der Waals surface area contributed by atoms with E-state index >= 15 is 0 Å². The zero-order valence-electron chi connectivity index (χ0n) is 19.5. The van der Waals surface area contributed by atoms with Gasteiger partial charge in [-0.3, -0.25) is 4.79 Å². The molecule has 30 heavy (non-hydrogen) atoms. The maximum Gasteiger partial charge on any atom is 0.308 e. The van der Waals surface area contributed by atoms with Crippen LogP contribution >= 0.6 is 0 Å². The second-order valence-corrected chi connectivity index (χ2v) is 12.2. The summed E-state index contributed by atoms with van der Waals surface area (Å²) in [5.41, 5.74) is 2.28. The van der Waals surface area contributed by atoms with Gasteiger partial charge in [-0.2, -0.15) is 0 Å². The molecule has 1 saturated heterocycles. The summed E-state index contributed by atoms with van der Waals surface area (Å²) in [5.74, 6) is 3.67. The number of aliphatic hydroxyl groups excluding tert-OH is 1. The van der Waals surface area contributed by atoms with Crippen LogP contribution in [-0.4, -0.2) is 23.3 Å². The Balaban J connectivity index is 1.36. The maximum absolute atomic E-state index is 12.2. The third-order valence-corrected chi connectivity index (χ3v) is 10.9. The first kappa shape index (κ1) is 21.0. The van der Waals surface area contributed by atoms with Crippen molar-refractivity contribution in [3.05, 3.63) is 11.6 Å². The standard InChI is InChI=1S/C27H42O3/c1-16-5-10-24(30-25(16)29)17(2)21-8-9-22-20-7-6-18-15-19(28)11-13-26(18,3)23(20)12-14-27(21,22)4/h6,16-17,19-24,28H,5,7-15H2,1-4H3/t16?,17-,19-,20-,21+,22-,23-,24+,26-,27+/m0/s1. The Hall–Kier alpha value is -0.830. The highest BCUT2D eigenvalue weighted by Crippen LogP contribution is 2.67. The van der Waals surface area contributed by atoms with E-state index in [1.165, 1.54) is 38.5 Å². The first-order valence-electron chi connectivity index (χ1n) is 12.8. The minimum atomic E-state index is -0.118. The molecule has 5 rings (SSSR count). The van der Waals surface area contributed by atoms with Crippen LogP contribution in [0.25, 0.3) is 0 Å². The Morgan fingerprint density at radius 2 is 1.87 bits per heavy atom. The van der Waals surface area contributed by atoms with Crippen molar-refractivity contribution >= 4 is 5.97 Å². The van der Waals surface area contributed by atoms with Gasteiger partial charge in [-0.05, 0) is 105 Å². The SMILES string of the molecule is CC1CC[C@H]([C@@H](C)[C@H]2CC[C@H]3[C@@H]4CC=C5C[C@@H](O)CC[C@]5(C)[C@H]4CC[C@]23C)OC1=O. The minimum Gasteiger partial charge on any atom is -0.462 e. The first-order chi connectivity index (χ1) is 14.2. The Morgan fingerprint density at radius 3 is 2.63 bits per heavy atom. The molecule has 3 nitrogen and oxygen atoms in total. The van der Waals surface area contributed by atoms with Gasteiger partial charge in [0.25, 0.3) is 0 Å². The van der Waals surface area contributed by atoms with Gasteiger partial charge in [0.15, 0.2) is 0 Å². The number of cyclic esters (lactones) is 1. The Bertz CT molecular complexity index is 728. The smallest absolute Gasteiger partial charge is 0.308 e. The Kier molecular flexibility index (Phi) is 5.16. The maximum atomic E-state index is 12.2. The molecule has 0 bridgehead atoms. The van der Waals surface area contributed by atoms with Crippen molar-refractivity contribution in [2.24, 2.45) is 46.3 Å². The largest absolute Gasteiger partial charge is 0.462 e. The summed E-state index contributed by atoms with van der Waals surface area (Å²) in [7, 11) is 0. The van der Waals surface area contributed by atoms with Gasteiger partial charge in [0, 0.05) is 0 Å². The van der Waals surface area contributed by atoms with E-state index in [9.17, 15) is 9.90 Å². The van der Waals surface area contributed by atoms with Crippen LogP contribution in [0.1, 0.15) is 91.9 Å². The number of fused-ring (bicyclic) bond motifs is 5. The van der Waals surface area contributed by atoms with Crippen molar-refractivity contribution in [2.75, 3.05) is 0 Å². The van der Waals surface area contributed by atoms with Crippen molar-refractivity contribution in [3.63, 3.8) is 0 Å². The number of hydrogen-bond donors (Lipinski definition) is 1. The van der Waals surface area contributed by atoms with Gasteiger partial charge in [-0.25, -0.2) is 0 Å². The zero-order valence-corrected chi connectivity index (χ0v) is 19.5. The summed E-state index contributed by atoms with van der Waals surface area (Å²) in [6, 6.07) is 0. The van der Waals surface area contributed by atoms with Gasteiger partial charge in [0.1, 0.15) is 6.10 Å². The van der Waals surface area contributed by atoms with Crippen molar-refractivity contribution in [1.29, 1.82) is 0 Å². The summed E-state index contributed by atoms with van der Waals surface area (Å²) in [5, 5.41) is 10.2. The zero-order chi connectivity index (χ0) is 21.3. The molecule has 0 aromatic rings. The van der Waals surface area contributed by atoms with Crippen molar-refractivity contribution in [2.45, 2.75) is 104 Å². The van der Waals surface area contributed by atoms with Crippen LogP contribution in [0.3, 0.4) is 0 Å². The van der Waals surface area contributed by atoms with Crippen LogP contribution in [0.15, 0.2) is 11.6 Å². The molecule has 0 aromatic heterocycles. The van der Waals surface area contributed by atoms with Crippen molar-refractivity contribution < 1.29 is 14.6 Å². The third kappa shape index (κ3) is 3.05. The second kappa shape index (κ2) is 7.36. The van der Waals surface area contributed by atoms with Crippen LogP contribution in [0.4, 0.5) is 0 Å². The number of rotatable bonds is 2. The fraction of sp³-hybridized carbons (Fsp3) is 0.889. The molecule has 3 heteroatoms. The molecule has 0 aromatic carbocycles. The summed E-state index contributed by atoms with van der Waals surface area (Å²) in [6.07, 6.45) is 14.2. The lowest BCUT2D eigenvalue weighted by molar-refractivity contribution is -0.166. The molecule has 5 aliphatic rings. The van der Waals surface area contributed by atoms with E-state index in [0.717, 1.165) is 43.4 Å². The number of carbonyl (C=O) groups excluding carboxylic acids is 1. The third-order valence-electron chi connectivity index (χ3n) is 10.9. The number of allylic oxidation sites excluding steroid dienone is 1. The molecule has 1 heterocycles. The molecule has 0 amide bonds. The summed E-state index contributed by atoms with van der Waals surface area (Å²) in [4.78, 5) is 12.2. The van der Waals surface area contributed by atoms with E-state index in [2.05, 4.69) is 26.8 Å². The lowest BCUT2D eigenvalue weighted by Crippen LogP contribution is -2.51. The number of aliphatic hydroxyl groups is 1. The molecule has 3 saturated carbocycles. The van der Waals surface area contributed by atoms with E-state index in [0.29, 0.717) is 22.7 Å². The fourth-order valence-corrected chi connectivity index (χ4v) is 9.03. The van der Waals surface area contributed by atoms with Gasteiger partial charge in [0.05, 0.1) is 12.0 Å². The molecule has 1 aliphatic heterocycles. The normalized spacial score (nSPS) is 51.8. The molecule has 10 atom stereocenters. The fourth-order valence-electron chi connectivity index (χ4n) is 9.03. The quantitative estimate of drug-likeness (QED) is 0.452. The monoisotopic (exact) mass is 414 g/mol. The lowest BCUT2D eigenvalue weighted by atomic mass is 9.47. The van der Waals surface area contributed by atoms with Gasteiger partial charge in [-0.1, -0.05) is 39.3 Å². The van der Waals surface area contributed by atoms with Crippen LogP contribution in [0.2, 0.25) is 0 Å². The van der Waals surface area contributed by atoms with Crippen LogP contribution in [-0.2, 0) is 9.53 Å². The highest BCUT2D eigenvalue weighted by molar-refractivity contribution is 5.72. The molecule has 4 fully saturated rings. The lowest BCUT2D eigenvalue weighted by Gasteiger charge is -2.58. The summed E-state index contributed by atoms with van der Waals surface area (Å²) < 4.78 is 5.93. The van der Waals surface area contributed by atoms with Crippen molar-refractivity contribution in [1.82, 2.24) is 0 Å². The molecule has 0 radical (unpaired) electrons. The molecule has 168 valence electrons. The first-order valence-corrected chi connectivity index (χ1v) is 12.8. The van der Waals surface area contributed by atoms with Gasteiger partial charge >= 0.3 is 5.97 Å². The average molecular weight is 415 g/mol. The molecule has 1 N–H and O–H groups in total. The number of esters is 1. The van der Waals surface area contributed by atoms with Crippen LogP contribution in [0.5, 0.6) is 0 Å². The molecule has 4 aliphatic carbocycles. The van der Waals surface area contributed by atoms with Gasteiger partial charge < -0.3 is 9.84 Å². The van der Waals surface area contributed by atoms with E-state index in [-0.39, 0.29) is 24.1 Å². The van der Waals surface area contributed by atoms with Crippen LogP contribution in [0, 0.1) is 46.3 Å². The van der Waals surface area contributed by atoms with E-state index in [4.69, 9.17) is 4.74 Å². The Labute approximate surface area is 183 Å². The summed E-state index contributed by atoms with van der Waals surface area (Å²) >= 11 is 0. The minimum absolute atomic E-state index is 0.0267.